The summed E-state index contributed by atoms with van der Waals surface area (Å²) in [5, 5.41) is 9.78. The van der Waals surface area contributed by atoms with Crippen LogP contribution < -0.4 is 0 Å². The number of hydrogen-bond acceptors (Lipinski definition) is 3. The van der Waals surface area contributed by atoms with E-state index in [1.165, 1.54) is 6.07 Å². The van der Waals surface area contributed by atoms with Crippen molar-refractivity contribution >= 4 is 40.3 Å². The van der Waals surface area contributed by atoms with Gasteiger partial charge in [-0.05, 0) is 43.2 Å². The van der Waals surface area contributed by atoms with Gasteiger partial charge in [0.2, 0.25) is 0 Å². The Kier molecular flexibility index (Phi) is 4.24. The number of imidazole rings is 1. The van der Waals surface area contributed by atoms with Gasteiger partial charge in [-0.15, -0.1) is 0 Å². The number of nitrogens with zero attached hydrogens (tertiary/aromatic N) is 3. The number of halogens is 2. The van der Waals surface area contributed by atoms with Crippen LogP contribution in [0, 0.1) is 13.8 Å². The molecule has 0 aliphatic carbocycles. The van der Waals surface area contributed by atoms with E-state index in [9.17, 15) is 9.90 Å². The minimum absolute atomic E-state index is 0.0278. The predicted molar refractivity (Wildman–Crippen MR) is 94.2 cm³/mol. The predicted octanol–water partition coefficient (Wildman–Crippen LogP) is 4.18. The zero-order chi connectivity index (χ0) is 17.6. The summed E-state index contributed by atoms with van der Waals surface area (Å²) in [6.45, 7) is 3.92. The SMILES string of the molecule is Cc1cc(C)c2nc(Cc3c(Cl)ccc(C(=O)O)c3Cl)n(C)c2n1. The van der Waals surface area contributed by atoms with Crippen LogP contribution in [-0.4, -0.2) is 25.6 Å². The van der Waals surface area contributed by atoms with Gasteiger partial charge in [0.1, 0.15) is 11.3 Å². The second-order valence-corrected chi connectivity index (χ2v) is 6.49. The number of carboxylic acid groups (broad SMARTS) is 1. The lowest BCUT2D eigenvalue weighted by molar-refractivity contribution is 0.0697. The maximum atomic E-state index is 11.3. The molecule has 0 saturated heterocycles. The smallest absolute Gasteiger partial charge is 0.337 e. The molecule has 124 valence electrons. The number of fused-ring (bicyclic) bond motifs is 1. The van der Waals surface area contributed by atoms with Crippen molar-refractivity contribution in [3.8, 4) is 0 Å². The normalized spacial score (nSPS) is 11.2. The summed E-state index contributed by atoms with van der Waals surface area (Å²) in [5.41, 5.74) is 4.13. The lowest BCUT2D eigenvalue weighted by Crippen LogP contribution is -2.04. The molecule has 2 aromatic heterocycles. The summed E-state index contributed by atoms with van der Waals surface area (Å²) in [7, 11) is 1.87. The van der Waals surface area contributed by atoms with Crippen molar-refractivity contribution in [1.29, 1.82) is 0 Å². The Bertz CT molecular complexity index is 980. The number of rotatable bonds is 3. The molecule has 0 fully saturated rings. The first-order chi connectivity index (χ1) is 11.3. The molecule has 0 saturated carbocycles. The fraction of sp³-hybridized carbons (Fsp3) is 0.235. The first-order valence-electron chi connectivity index (χ1n) is 7.29. The number of benzene rings is 1. The Hall–Kier alpha value is -2.11. The lowest BCUT2D eigenvalue weighted by Gasteiger charge is -2.09. The fourth-order valence-corrected chi connectivity index (χ4v) is 3.33. The van der Waals surface area contributed by atoms with Crippen LogP contribution >= 0.6 is 23.2 Å². The molecule has 0 spiro atoms. The van der Waals surface area contributed by atoms with Crippen molar-refractivity contribution in [2.75, 3.05) is 0 Å². The zero-order valence-electron chi connectivity index (χ0n) is 13.4. The highest BCUT2D eigenvalue weighted by atomic mass is 35.5. The molecule has 5 nitrogen and oxygen atoms in total. The average molecular weight is 364 g/mol. The van der Waals surface area contributed by atoms with E-state index in [0.717, 1.165) is 28.2 Å². The molecule has 0 amide bonds. The van der Waals surface area contributed by atoms with Crippen molar-refractivity contribution in [1.82, 2.24) is 14.5 Å². The Balaban J connectivity index is 2.14. The van der Waals surface area contributed by atoms with Crippen molar-refractivity contribution in [2.24, 2.45) is 7.05 Å². The van der Waals surface area contributed by atoms with Gasteiger partial charge >= 0.3 is 5.97 Å². The largest absolute Gasteiger partial charge is 0.478 e. The quantitative estimate of drug-likeness (QED) is 0.757. The van der Waals surface area contributed by atoms with Gasteiger partial charge in [0.25, 0.3) is 0 Å². The van der Waals surface area contributed by atoms with E-state index < -0.39 is 5.97 Å². The fourth-order valence-electron chi connectivity index (χ4n) is 2.75. The summed E-state index contributed by atoms with van der Waals surface area (Å²) in [6, 6.07) is 4.92. The van der Waals surface area contributed by atoms with Gasteiger partial charge in [0.05, 0.1) is 10.6 Å². The molecule has 2 heterocycles. The molecular weight excluding hydrogens is 349 g/mol. The van der Waals surface area contributed by atoms with E-state index in [0.29, 0.717) is 17.0 Å². The van der Waals surface area contributed by atoms with E-state index in [-0.39, 0.29) is 10.6 Å². The Labute approximate surface area is 148 Å². The highest BCUT2D eigenvalue weighted by Crippen LogP contribution is 2.31. The molecule has 0 aliphatic heterocycles. The van der Waals surface area contributed by atoms with Crippen molar-refractivity contribution in [3.63, 3.8) is 0 Å². The molecule has 1 N–H and O–H groups in total. The number of carbonyl (C=O) groups is 1. The third kappa shape index (κ3) is 2.74. The molecule has 0 atom stereocenters. The van der Waals surface area contributed by atoms with Crippen molar-refractivity contribution in [2.45, 2.75) is 20.3 Å². The summed E-state index contributed by atoms with van der Waals surface area (Å²) in [4.78, 5) is 20.4. The monoisotopic (exact) mass is 363 g/mol. The maximum Gasteiger partial charge on any atom is 0.337 e. The van der Waals surface area contributed by atoms with E-state index >= 15 is 0 Å². The van der Waals surface area contributed by atoms with Crippen LogP contribution in [0.4, 0.5) is 0 Å². The molecule has 0 bridgehead atoms. The van der Waals surface area contributed by atoms with Crippen LogP contribution in [0.2, 0.25) is 10.0 Å². The second kappa shape index (κ2) is 6.07. The first kappa shape index (κ1) is 16.7. The summed E-state index contributed by atoms with van der Waals surface area (Å²) in [6.07, 6.45) is 0.324. The lowest BCUT2D eigenvalue weighted by atomic mass is 10.1. The summed E-state index contributed by atoms with van der Waals surface area (Å²) in [5.74, 6) is -0.367. The van der Waals surface area contributed by atoms with Crippen LogP contribution in [0.5, 0.6) is 0 Å². The number of aromatic carboxylic acids is 1. The van der Waals surface area contributed by atoms with Crippen molar-refractivity contribution < 1.29 is 9.90 Å². The second-order valence-electron chi connectivity index (χ2n) is 5.71. The standard InChI is InChI=1S/C17H15Cl2N3O2/c1-8-6-9(2)20-16-15(8)21-13(22(16)3)7-11-12(18)5-4-10(14(11)19)17(23)24/h4-6H,7H2,1-3H3,(H,23,24). The van der Waals surface area contributed by atoms with E-state index in [1.54, 1.807) is 6.07 Å². The molecule has 0 aliphatic rings. The Morgan fingerprint density at radius 3 is 2.62 bits per heavy atom. The molecular formula is C17H15Cl2N3O2. The molecule has 1 aromatic carbocycles. The minimum atomic E-state index is -1.09. The minimum Gasteiger partial charge on any atom is -0.478 e. The number of aryl methyl sites for hydroxylation is 3. The Morgan fingerprint density at radius 2 is 1.96 bits per heavy atom. The van der Waals surface area contributed by atoms with Crippen LogP contribution in [-0.2, 0) is 13.5 Å². The molecule has 0 radical (unpaired) electrons. The third-order valence-electron chi connectivity index (χ3n) is 3.99. The molecule has 3 rings (SSSR count). The zero-order valence-corrected chi connectivity index (χ0v) is 14.9. The van der Waals surface area contributed by atoms with Crippen LogP contribution in [0.1, 0.15) is 33.0 Å². The van der Waals surface area contributed by atoms with Gasteiger partial charge in [0.15, 0.2) is 5.65 Å². The van der Waals surface area contributed by atoms with Gasteiger partial charge in [-0.1, -0.05) is 23.2 Å². The van der Waals surface area contributed by atoms with E-state index in [1.807, 2.05) is 31.5 Å². The van der Waals surface area contributed by atoms with Gasteiger partial charge in [-0.3, -0.25) is 0 Å². The van der Waals surface area contributed by atoms with Gasteiger partial charge in [-0.25, -0.2) is 14.8 Å². The summed E-state index contributed by atoms with van der Waals surface area (Å²) >= 11 is 12.5. The van der Waals surface area contributed by atoms with E-state index in [4.69, 9.17) is 23.2 Å². The van der Waals surface area contributed by atoms with Crippen LogP contribution in [0.15, 0.2) is 18.2 Å². The molecule has 24 heavy (non-hydrogen) atoms. The number of hydrogen-bond donors (Lipinski definition) is 1. The maximum absolute atomic E-state index is 11.3. The number of pyridine rings is 1. The van der Waals surface area contributed by atoms with E-state index in [2.05, 4.69) is 9.97 Å². The Morgan fingerprint density at radius 1 is 1.25 bits per heavy atom. The molecule has 3 aromatic rings. The highest BCUT2D eigenvalue weighted by Gasteiger charge is 2.19. The molecule has 7 heteroatoms. The average Bonchev–Trinajstić information content (AvgIpc) is 2.80. The van der Waals surface area contributed by atoms with Gasteiger partial charge in [-0.2, -0.15) is 0 Å². The summed E-state index contributed by atoms with van der Waals surface area (Å²) < 4.78 is 1.88. The van der Waals surface area contributed by atoms with Gasteiger partial charge < -0.3 is 9.67 Å². The third-order valence-corrected chi connectivity index (χ3v) is 4.78. The number of aromatic nitrogens is 3. The number of carboxylic acids is 1. The van der Waals surface area contributed by atoms with Crippen LogP contribution in [0.3, 0.4) is 0 Å². The van der Waals surface area contributed by atoms with Gasteiger partial charge in [0, 0.05) is 24.2 Å². The molecule has 0 unspecified atom stereocenters. The topological polar surface area (TPSA) is 68.0 Å². The highest BCUT2D eigenvalue weighted by molar-refractivity contribution is 6.37. The van der Waals surface area contributed by atoms with Crippen molar-refractivity contribution in [3.05, 3.63) is 56.5 Å². The first-order valence-corrected chi connectivity index (χ1v) is 8.05. The van der Waals surface area contributed by atoms with Crippen LogP contribution in [0.25, 0.3) is 11.2 Å².